The molecule has 0 aromatic heterocycles. The Labute approximate surface area is 121 Å². The third-order valence-corrected chi connectivity index (χ3v) is 4.24. The fourth-order valence-electron chi connectivity index (χ4n) is 2.75. The van der Waals surface area contributed by atoms with Crippen LogP contribution in [0.1, 0.15) is 34.1 Å². The van der Waals surface area contributed by atoms with Crippen molar-refractivity contribution in [2.45, 2.75) is 46.3 Å². The van der Waals surface area contributed by atoms with Crippen molar-refractivity contribution in [3.05, 3.63) is 18.2 Å². The predicted molar refractivity (Wildman–Crippen MR) is 83.2 cm³/mol. The highest BCUT2D eigenvalue weighted by Crippen LogP contribution is 2.45. The molecule has 0 aliphatic heterocycles. The Balaban J connectivity index is 2.07. The second kappa shape index (κ2) is 5.92. The molecule has 20 heavy (non-hydrogen) atoms. The van der Waals surface area contributed by atoms with Crippen molar-refractivity contribution >= 4 is 11.4 Å². The quantitative estimate of drug-likeness (QED) is 0.784. The molecule has 1 aromatic carbocycles. The molecule has 4 heteroatoms. The summed E-state index contributed by atoms with van der Waals surface area (Å²) >= 11 is 0. The van der Waals surface area contributed by atoms with Gasteiger partial charge in [-0.25, -0.2) is 0 Å². The van der Waals surface area contributed by atoms with E-state index in [-0.39, 0.29) is 5.41 Å². The first-order chi connectivity index (χ1) is 9.50. The molecule has 1 aliphatic carbocycles. The maximum absolute atomic E-state index is 6.16. The number of nitrogen functional groups attached to an aromatic ring is 1. The Bertz CT molecular complexity index is 460. The first kappa shape index (κ1) is 15.0. The summed E-state index contributed by atoms with van der Waals surface area (Å²) in [6, 6.07) is 6.24. The van der Waals surface area contributed by atoms with Gasteiger partial charge in [0, 0.05) is 18.1 Å². The molecule has 4 nitrogen and oxygen atoms in total. The Kier molecular flexibility index (Phi) is 4.43. The average molecular weight is 278 g/mol. The van der Waals surface area contributed by atoms with Crippen molar-refractivity contribution in [1.82, 2.24) is 0 Å². The molecule has 1 aromatic rings. The van der Waals surface area contributed by atoms with Gasteiger partial charge in [0.25, 0.3) is 0 Å². The number of hydrogen-bond acceptors (Lipinski definition) is 4. The molecule has 1 aliphatic rings. The number of ether oxygens (including phenoxy) is 2. The number of para-hydroxylation sites is 1. The first-order valence-corrected chi connectivity index (χ1v) is 7.40. The smallest absolute Gasteiger partial charge is 0.144 e. The molecule has 0 spiro atoms. The summed E-state index contributed by atoms with van der Waals surface area (Å²) in [4.78, 5) is 0. The van der Waals surface area contributed by atoms with Crippen LogP contribution >= 0.6 is 0 Å². The van der Waals surface area contributed by atoms with E-state index in [4.69, 9.17) is 15.2 Å². The van der Waals surface area contributed by atoms with E-state index >= 15 is 0 Å². The second-order valence-corrected chi connectivity index (χ2v) is 5.85. The molecular weight excluding hydrogens is 252 g/mol. The maximum Gasteiger partial charge on any atom is 0.144 e. The molecule has 2 unspecified atom stereocenters. The number of anilines is 2. The fraction of sp³-hybridized carbons (Fsp3) is 0.625. The zero-order valence-electron chi connectivity index (χ0n) is 12.9. The lowest BCUT2D eigenvalue weighted by Gasteiger charge is -2.52. The minimum absolute atomic E-state index is 0.115. The first-order valence-electron chi connectivity index (χ1n) is 7.40. The summed E-state index contributed by atoms with van der Waals surface area (Å²) < 4.78 is 11.3. The summed E-state index contributed by atoms with van der Waals surface area (Å²) in [5.41, 5.74) is 7.91. The molecule has 1 fully saturated rings. The van der Waals surface area contributed by atoms with E-state index < -0.39 is 0 Å². The van der Waals surface area contributed by atoms with Gasteiger partial charge in [0.15, 0.2) is 0 Å². The molecule has 0 saturated heterocycles. The van der Waals surface area contributed by atoms with Gasteiger partial charge in [0.05, 0.1) is 24.1 Å². The van der Waals surface area contributed by atoms with Gasteiger partial charge in [0.1, 0.15) is 5.75 Å². The highest BCUT2D eigenvalue weighted by Gasteiger charge is 2.49. The molecular formula is C16H26N2O2. The van der Waals surface area contributed by atoms with E-state index in [0.29, 0.717) is 24.4 Å². The van der Waals surface area contributed by atoms with Gasteiger partial charge in [-0.3, -0.25) is 0 Å². The van der Waals surface area contributed by atoms with Crippen molar-refractivity contribution in [3.8, 4) is 5.75 Å². The predicted octanol–water partition coefficient (Wildman–Crippen LogP) is 3.28. The van der Waals surface area contributed by atoms with Gasteiger partial charge in [-0.1, -0.05) is 19.9 Å². The van der Waals surface area contributed by atoms with E-state index in [9.17, 15) is 0 Å². The number of rotatable bonds is 6. The van der Waals surface area contributed by atoms with E-state index in [1.54, 1.807) is 0 Å². The summed E-state index contributed by atoms with van der Waals surface area (Å²) in [5, 5.41) is 3.54. The Hall–Kier alpha value is -1.42. The molecule has 1 saturated carbocycles. The fourth-order valence-corrected chi connectivity index (χ4v) is 2.75. The standard InChI is InChI=1S/C16H26N2O2/c1-5-19-12-9-7-8-11(15(12)17)18-13-10-14(20-6-2)16(13,3)4/h7-9,13-14,18H,5-6,10,17H2,1-4H3. The molecule has 112 valence electrons. The summed E-state index contributed by atoms with van der Waals surface area (Å²) in [7, 11) is 0. The third-order valence-electron chi connectivity index (χ3n) is 4.24. The maximum atomic E-state index is 6.16. The van der Waals surface area contributed by atoms with Gasteiger partial charge in [-0.15, -0.1) is 0 Å². The van der Waals surface area contributed by atoms with Crippen molar-refractivity contribution in [1.29, 1.82) is 0 Å². The van der Waals surface area contributed by atoms with E-state index in [1.807, 2.05) is 32.0 Å². The van der Waals surface area contributed by atoms with Crippen molar-refractivity contribution in [2.24, 2.45) is 5.41 Å². The average Bonchev–Trinajstić information content (AvgIpc) is 2.42. The highest BCUT2D eigenvalue weighted by molar-refractivity contribution is 5.73. The van der Waals surface area contributed by atoms with Gasteiger partial charge in [-0.2, -0.15) is 0 Å². The van der Waals surface area contributed by atoms with Gasteiger partial charge >= 0.3 is 0 Å². The Morgan fingerprint density at radius 1 is 1.30 bits per heavy atom. The van der Waals surface area contributed by atoms with Crippen molar-refractivity contribution < 1.29 is 9.47 Å². The Morgan fingerprint density at radius 2 is 2.05 bits per heavy atom. The van der Waals surface area contributed by atoms with E-state index in [2.05, 4.69) is 19.2 Å². The topological polar surface area (TPSA) is 56.5 Å². The van der Waals surface area contributed by atoms with E-state index in [1.165, 1.54) is 0 Å². The number of hydrogen-bond donors (Lipinski definition) is 2. The lowest BCUT2D eigenvalue weighted by molar-refractivity contribution is -0.0975. The van der Waals surface area contributed by atoms with Crippen LogP contribution in [0.4, 0.5) is 11.4 Å². The van der Waals surface area contributed by atoms with Crippen LogP contribution in [-0.4, -0.2) is 25.4 Å². The second-order valence-electron chi connectivity index (χ2n) is 5.85. The lowest BCUT2D eigenvalue weighted by atomic mass is 9.64. The zero-order chi connectivity index (χ0) is 14.8. The largest absolute Gasteiger partial charge is 0.492 e. The molecule has 2 atom stereocenters. The van der Waals surface area contributed by atoms with E-state index in [0.717, 1.165) is 24.5 Å². The minimum atomic E-state index is 0.115. The molecule has 0 heterocycles. The zero-order valence-corrected chi connectivity index (χ0v) is 12.9. The summed E-state index contributed by atoms with van der Waals surface area (Å²) in [5.74, 6) is 0.746. The van der Waals surface area contributed by atoms with Crippen LogP contribution in [-0.2, 0) is 4.74 Å². The number of benzene rings is 1. The number of nitrogens with one attached hydrogen (secondary N) is 1. The third kappa shape index (κ3) is 2.70. The van der Waals surface area contributed by atoms with Crippen LogP contribution in [0.15, 0.2) is 18.2 Å². The number of nitrogens with two attached hydrogens (primary N) is 1. The highest BCUT2D eigenvalue weighted by atomic mass is 16.5. The van der Waals surface area contributed by atoms with Crippen LogP contribution in [0.2, 0.25) is 0 Å². The van der Waals surface area contributed by atoms with Crippen LogP contribution in [0, 0.1) is 5.41 Å². The Morgan fingerprint density at radius 3 is 2.65 bits per heavy atom. The monoisotopic (exact) mass is 278 g/mol. The van der Waals surface area contributed by atoms with Crippen LogP contribution in [0.5, 0.6) is 5.75 Å². The van der Waals surface area contributed by atoms with Crippen LogP contribution < -0.4 is 15.8 Å². The van der Waals surface area contributed by atoms with Gasteiger partial charge in [0.2, 0.25) is 0 Å². The summed E-state index contributed by atoms with van der Waals surface area (Å²) in [6.45, 7) is 9.85. The summed E-state index contributed by atoms with van der Waals surface area (Å²) in [6.07, 6.45) is 1.33. The van der Waals surface area contributed by atoms with Gasteiger partial charge in [-0.05, 0) is 32.4 Å². The normalized spacial score (nSPS) is 24.0. The molecule has 0 bridgehead atoms. The SMILES string of the molecule is CCOc1cccc(NC2CC(OCC)C2(C)C)c1N. The molecule has 0 amide bonds. The van der Waals surface area contributed by atoms with Crippen molar-refractivity contribution in [3.63, 3.8) is 0 Å². The van der Waals surface area contributed by atoms with Crippen LogP contribution in [0.25, 0.3) is 0 Å². The minimum Gasteiger partial charge on any atom is -0.492 e. The molecule has 2 rings (SSSR count). The molecule has 3 N–H and O–H groups in total. The van der Waals surface area contributed by atoms with Crippen LogP contribution in [0.3, 0.4) is 0 Å². The van der Waals surface area contributed by atoms with Gasteiger partial charge < -0.3 is 20.5 Å². The van der Waals surface area contributed by atoms with Crippen molar-refractivity contribution in [2.75, 3.05) is 24.3 Å². The molecule has 0 radical (unpaired) electrons. The lowest BCUT2D eigenvalue weighted by Crippen LogP contribution is -2.58.